The zero-order valence-electron chi connectivity index (χ0n) is 11.5. The van der Waals surface area contributed by atoms with E-state index in [1.165, 1.54) is 0 Å². The van der Waals surface area contributed by atoms with Crippen LogP contribution in [-0.4, -0.2) is 42.8 Å². The lowest BCUT2D eigenvalue weighted by molar-refractivity contribution is -0.138. The molecule has 1 saturated heterocycles. The van der Waals surface area contributed by atoms with Crippen LogP contribution in [0.25, 0.3) is 0 Å². The average Bonchev–Trinajstić information content (AvgIpc) is 2.82. The number of carbonyl (C=O) groups is 2. The van der Waals surface area contributed by atoms with Crippen molar-refractivity contribution < 1.29 is 19.4 Å². The molecule has 0 bridgehead atoms. The molecule has 1 aromatic carbocycles. The lowest BCUT2D eigenvalue weighted by Gasteiger charge is -2.24. The number of ether oxygens (including phenoxy) is 1. The highest BCUT2D eigenvalue weighted by molar-refractivity contribution is 5.94. The molecule has 108 valence electrons. The van der Waals surface area contributed by atoms with E-state index in [2.05, 4.69) is 0 Å². The first kappa shape index (κ1) is 14.3. The molecule has 2 rings (SSSR count). The maximum Gasteiger partial charge on any atom is 0.326 e. The van der Waals surface area contributed by atoms with Crippen LogP contribution in [0.2, 0.25) is 0 Å². The summed E-state index contributed by atoms with van der Waals surface area (Å²) in [5.41, 5.74) is 7.22. The van der Waals surface area contributed by atoms with Gasteiger partial charge >= 0.3 is 5.97 Å². The first-order valence-corrected chi connectivity index (χ1v) is 6.36. The summed E-state index contributed by atoms with van der Waals surface area (Å²) in [4.78, 5) is 24.3. The van der Waals surface area contributed by atoms with E-state index in [4.69, 9.17) is 10.5 Å². The summed E-state index contributed by atoms with van der Waals surface area (Å²) in [5.74, 6) is -1.36. The normalized spacial score (nSPS) is 22.0. The average molecular weight is 278 g/mol. The predicted octanol–water partition coefficient (Wildman–Crippen LogP) is 0.772. The third kappa shape index (κ3) is 2.60. The van der Waals surface area contributed by atoms with Crippen LogP contribution in [-0.2, 0) is 9.53 Å². The number of rotatable bonds is 4. The lowest BCUT2D eigenvalue weighted by atomic mass is 10.1. The zero-order valence-corrected chi connectivity index (χ0v) is 11.5. The van der Waals surface area contributed by atoms with Gasteiger partial charge in [0.05, 0.1) is 6.10 Å². The molecule has 0 saturated carbocycles. The van der Waals surface area contributed by atoms with Gasteiger partial charge in [0.15, 0.2) is 0 Å². The Balaban J connectivity index is 2.32. The highest BCUT2D eigenvalue weighted by Crippen LogP contribution is 2.28. The fourth-order valence-electron chi connectivity index (χ4n) is 2.59. The maximum atomic E-state index is 11.3. The standard InChI is InChI=1S/C14H18N2O4/c1-8-5-9(3-4-11(8)13(15)17)16-7-10(20-2)6-12(16)14(18)19/h3-5,10,12H,6-7H2,1-2H3,(H2,15,17)(H,18,19). The Morgan fingerprint density at radius 3 is 2.65 bits per heavy atom. The van der Waals surface area contributed by atoms with Crippen LogP contribution in [0.1, 0.15) is 22.3 Å². The summed E-state index contributed by atoms with van der Waals surface area (Å²) in [5, 5.41) is 9.30. The first-order chi connectivity index (χ1) is 9.43. The number of nitrogens with two attached hydrogens (primary N) is 1. The van der Waals surface area contributed by atoms with E-state index in [1.807, 2.05) is 0 Å². The van der Waals surface area contributed by atoms with Crippen LogP contribution >= 0.6 is 0 Å². The van der Waals surface area contributed by atoms with Crippen molar-refractivity contribution in [3.05, 3.63) is 29.3 Å². The summed E-state index contributed by atoms with van der Waals surface area (Å²) in [7, 11) is 1.58. The zero-order chi connectivity index (χ0) is 14.9. The SMILES string of the molecule is COC1CC(C(=O)O)N(c2ccc(C(N)=O)c(C)c2)C1. The van der Waals surface area contributed by atoms with Crippen molar-refractivity contribution in [2.75, 3.05) is 18.6 Å². The fourth-order valence-corrected chi connectivity index (χ4v) is 2.59. The van der Waals surface area contributed by atoms with E-state index in [1.54, 1.807) is 37.1 Å². The number of aryl methyl sites for hydroxylation is 1. The Labute approximate surface area is 117 Å². The largest absolute Gasteiger partial charge is 0.480 e. The molecule has 6 nitrogen and oxygen atoms in total. The molecule has 1 aliphatic heterocycles. The van der Waals surface area contributed by atoms with Crippen molar-refractivity contribution in [1.82, 2.24) is 0 Å². The van der Waals surface area contributed by atoms with Crippen LogP contribution in [0.15, 0.2) is 18.2 Å². The number of carboxylic acid groups (broad SMARTS) is 1. The minimum atomic E-state index is -0.874. The maximum absolute atomic E-state index is 11.3. The van der Waals surface area contributed by atoms with Crippen molar-refractivity contribution in [3.8, 4) is 0 Å². The number of hydrogen-bond acceptors (Lipinski definition) is 4. The van der Waals surface area contributed by atoms with Gasteiger partial charge < -0.3 is 20.5 Å². The van der Waals surface area contributed by atoms with Crippen molar-refractivity contribution in [3.63, 3.8) is 0 Å². The van der Waals surface area contributed by atoms with Gasteiger partial charge in [-0.3, -0.25) is 4.79 Å². The second-order valence-electron chi connectivity index (χ2n) is 4.96. The number of carboxylic acids is 1. The lowest BCUT2D eigenvalue weighted by Crippen LogP contribution is -2.36. The first-order valence-electron chi connectivity index (χ1n) is 6.36. The van der Waals surface area contributed by atoms with Crippen LogP contribution < -0.4 is 10.6 Å². The van der Waals surface area contributed by atoms with Crippen molar-refractivity contribution >= 4 is 17.6 Å². The van der Waals surface area contributed by atoms with Crippen molar-refractivity contribution in [2.45, 2.75) is 25.5 Å². The van der Waals surface area contributed by atoms with Crippen LogP contribution in [0.4, 0.5) is 5.69 Å². The van der Waals surface area contributed by atoms with Gasteiger partial charge in [-0.1, -0.05) is 0 Å². The molecular weight excluding hydrogens is 260 g/mol. The molecule has 3 N–H and O–H groups in total. The van der Waals surface area contributed by atoms with E-state index >= 15 is 0 Å². The number of anilines is 1. The van der Waals surface area contributed by atoms with Gasteiger partial charge in [0.25, 0.3) is 0 Å². The number of amides is 1. The van der Waals surface area contributed by atoms with Gasteiger partial charge in [-0.25, -0.2) is 4.79 Å². The summed E-state index contributed by atoms with van der Waals surface area (Å²) in [6.45, 7) is 2.30. The van der Waals surface area contributed by atoms with E-state index in [9.17, 15) is 14.7 Å². The summed E-state index contributed by atoms with van der Waals surface area (Å²) in [6.07, 6.45) is 0.342. The molecule has 1 heterocycles. The number of aliphatic carboxylic acids is 1. The number of benzene rings is 1. The smallest absolute Gasteiger partial charge is 0.326 e. The van der Waals surface area contributed by atoms with E-state index in [-0.39, 0.29) is 6.10 Å². The van der Waals surface area contributed by atoms with Gasteiger partial charge in [0.2, 0.25) is 5.91 Å². The van der Waals surface area contributed by atoms with Gasteiger partial charge in [0, 0.05) is 31.3 Å². The van der Waals surface area contributed by atoms with Gasteiger partial charge in [-0.15, -0.1) is 0 Å². The van der Waals surface area contributed by atoms with Gasteiger partial charge in [-0.2, -0.15) is 0 Å². The Morgan fingerprint density at radius 2 is 2.15 bits per heavy atom. The summed E-state index contributed by atoms with van der Waals surface area (Å²) < 4.78 is 5.26. The minimum Gasteiger partial charge on any atom is -0.480 e. The molecule has 2 unspecified atom stereocenters. The number of methoxy groups -OCH3 is 1. The Morgan fingerprint density at radius 1 is 1.45 bits per heavy atom. The molecule has 20 heavy (non-hydrogen) atoms. The quantitative estimate of drug-likeness (QED) is 0.848. The van der Waals surface area contributed by atoms with Gasteiger partial charge in [-0.05, 0) is 30.7 Å². The Bertz CT molecular complexity index is 544. The second kappa shape index (κ2) is 5.50. The molecule has 1 fully saturated rings. The molecule has 1 aromatic rings. The second-order valence-corrected chi connectivity index (χ2v) is 4.96. The number of carbonyl (C=O) groups excluding carboxylic acids is 1. The molecular formula is C14H18N2O4. The van der Waals surface area contributed by atoms with Crippen LogP contribution in [0.5, 0.6) is 0 Å². The molecule has 0 aliphatic carbocycles. The number of hydrogen-bond donors (Lipinski definition) is 2. The van der Waals surface area contributed by atoms with Gasteiger partial charge in [0.1, 0.15) is 6.04 Å². The number of primary amides is 1. The molecule has 1 amide bonds. The topological polar surface area (TPSA) is 92.9 Å². The molecule has 0 radical (unpaired) electrons. The van der Waals surface area contributed by atoms with E-state index in [0.29, 0.717) is 18.5 Å². The predicted molar refractivity (Wildman–Crippen MR) is 73.9 cm³/mol. The molecule has 1 aliphatic rings. The molecule has 0 aromatic heterocycles. The van der Waals surface area contributed by atoms with Crippen molar-refractivity contribution in [2.24, 2.45) is 5.73 Å². The summed E-state index contributed by atoms with van der Waals surface area (Å²) >= 11 is 0. The third-order valence-corrected chi connectivity index (χ3v) is 3.69. The fraction of sp³-hybridized carbons (Fsp3) is 0.429. The molecule has 2 atom stereocenters. The molecule has 6 heteroatoms. The number of nitrogens with zero attached hydrogens (tertiary/aromatic N) is 1. The Kier molecular flexibility index (Phi) is 3.94. The van der Waals surface area contributed by atoms with Crippen LogP contribution in [0.3, 0.4) is 0 Å². The van der Waals surface area contributed by atoms with Crippen molar-refractivity contribution in [1.29, 1.82) is 0 Å². The highest BCUT2D eigenvalue weighted by atomic mass is 16.5. The monoisotopic (exact) mass is 278 g/mol. The summed E-state index contributed by atoms with van der Waals surface area (Å²) in [6, 6.07) is 4.53. The molecule has 0 spiro atoms. The minimum absolute atomic E-state index is 0.104. The van der Waals surface area contributed by atoms with E-state index in [0.717, 1.165) is 11.3 Å². The van der Waals surface area contributed by atoms with E-state index < -0.39 is 17.9 Å². The van der Waals surface area contributed by atoms with Crippen LogP contribution in [0, 0.1) is 6.92 Å². The highest BCUT2D eigenvalue weighted by Gasteiger charge is 2.37. The Hall–Kier alpha value is -2.08. The third-order valence-electron chi connectivity index (χ3n) is 3.69.